The number of nitrogens with two attached hydrogens (primary N) is 1. The topological polar surface area (TPSA) is 38.9 Å². The Bertz CT molecular complexity index is 366. The van der Waals surface area contributed by atoms with Gasteiger partial charge in [-0.2, -0.15) is 13.2 Å². The Hall–Kier alpha value is -0.910. The van der Waals surface area contributed by atoms with E-state index in [1.54, 1.807) is 0 Å². The monoisotopic (exact) mass is 250 g/mol. The van der Waals surface area contributed by atoms with Crippen molar-refractivity contribution >= 4 is 17.4 Å². The summed E-state index contributed by atoms with van der Waals surface area (Å²) in [5.41, 5.74) is 4.98. The number of hydrogen-bond acceptors (Lipinski definition) is 3. The van der Waals surface area contributed by atoms with Crippen LogP contribution in [0.2, 0.25) is 0 Å². The van der Waals surface area contributed by atoms with E-state index >= 15 is 0 Å². The number of pyridine rings is 1. The van der Waals surface area contributed by atoms with E-state index in [4.69, 9.17) is 5.73 Å². The lowest BCUT2D eigenvalue weighted by Gasteiger charge is -2.12. The fourth-order valence-corrected chi connectivity index (χ4v) is 1.97. The zero-order valence-corrected chi connectivity index (χ0v) is 9.82. The number of aromatic nitrogens is 1. The van der Waals surface area contributed by atoms with E-state index in [0.717, 1.165) is 18.7 Å². The Morgan fingerprint density at radius 1 is 1.50 bits per heavy atom. The molecule has 16 heavy (non-hydrogen) atoms. The number of halogens is 3. The largest absolute Gasteiger partial charge is 0.433 e. The molecule has 6 heteroatoms. The van der Waals surface area contributed by atoms with Crippen LogP contribution >= 0.6 is 11.8 Å². The van der Waals surface area contributed by atoms with Gasteiger partial charge in [-0.1, -0.05) is 13.8 Å². The number of nitrogen functional groups attached to an aromatic ring is 1. The summed E-state index contributed by atoms with van der Waals surface area (Å²) >= 11 is 1.34. The van der Waals surface area contributed by atoms with Gasteiger partial charge in [0.25, 0.3) is 0 Å². The highest BCUT2D eigenvalue weighted by Crippen LogP contribution is 2.34. The number of thioether (sulfide) groups is 1. The van der Waals surface area contributed by atoms with Crippen LogP contribution in [-0.4, -0.2) is 10.2 Å². The van der Waals surface area contributed by atoms with Crippen LogP contribution in [0.4, 0.5) is 18.9 Å². The van der Waals surface area contributed by atoms with Gasteiger partial charge >= 0.3 is 6.18 Å². The molecule has 0 aliphatic heterocycles. The van der Waals surface area contributed by atoms with Crippen LogP contribution in [0.5, 0.6) is 0 Å². The highest BCUT2D eigenvalue weighted by molar-refractivity contribution is 8.00. The molecule has 1 aromatic heterocycles. The number of anilines is 1. The second kappa shape index (κ2) is 4.95. The van der Waals surface area contributed by atoms with Crippen molar-refractivity contribution in [2.75, 3.05) is 5.73 Å². The van der Waals surface area contributed by atoms with E-state index < -0.39 is 11.9 Å². The average molecular weight is 250 g/mol. The average Bonchev–Trinajstić information content (AvgIpc) is 2.19. The molecule has 0 aromatic carbocycles. The molecule has 90 valence electrons. The van der Waals surface area contributed by atoms with Crippen molar-refractivity contribution in [1.82, 2.24) is 4.98 Å². The lowest BCUT2D eigenvalue weighted by atomic mass is 10.3. The third-order valence-corrected chi connectivity index (χ3v) is 3.43. The number of hydrogen-bond donors (Lipinski definition) is 1. The van der Waals surface area contributed by atoms with E-state index in [-0.39, 0.29) is 5.25 Å². The molecule has 1 unspecified atom stereocenters. The van der Waals surface area contributed by atoms with E-state index in [2.05, 4.69) is 4.98 Å². The van der Waals surface area contributed by atoms with E-state index in [1.165, 1.54) is 11.8 Å². The van der Waals surface area contributed by atoms with Crippen LogP contribution < -0.4 is 5.73 Å². The van der Waals surface area contributed by atoms with Gasteiger partial charge in [-0.3, -0.25) is 0 Å². The van der Waals surface area contributed by atoms with Crippen molar-refractivity contribution in [3.63, 3.8) is 0 Å². The van der Waals surface area contributed by atoms with Gasteiger partial charge in [0.1, 0.15) is 5.69 Å². The van der Waals surface area contributed by atoms with Crippen LogP contribution in [0.25, 0.3) is 0 Å². The third kappa shape index (κ3) is 3.30. The first-order valence-electron chi connectivity index (χ1n) is 4.84. The molecule has 0 fully saturated rings. The SMILES string of the molecule is CCC(C)Sc1cc(C(F)(F)F)ncc1N. The molecule has 0 saturated carbocycles. The molecular weight excluding hydrogens is 237 g/mol. The molecule has 2 N–H and O–H groups in total. The fraction of sp³-hybridized carbons (Fsp3) is 0.500. The zero-order chi connectivity index (χ0) is 12.3. The highest BCUT2D eigenvalue weighted by atomic mass is 32.2. The van der Waals surface area contributed by atoms with Crippen LogP contribution in [0.1, 0.15) is 26.0 Å². The Kier molecular flexibility index (Phi) is 4.07. The molecule has 0 aliphatic carbocycles. The van der Waals surface area contributed by atoms with Gasteiger partial charge in [0.2, 0.25) is 0 Å². The molecule has 0 amide bonds. The van der Waals surface area contributed by atoms with Gasteiger partial charge in [0.15, 0.2) is 0 Å². The quantitative estimate of drug-likeness (QED) is 0.833. The predicted octanol–water partition coefficient (Wildman–Crippen LogP) is 3.57. The molecule has 1 aromatic rings. The van der Waals surface area contributed by atoms with Gasteiger partial charge in [0.05, 0.1) is 11.9 Å². The standard InChI is InChI=1S/C10H13F3N2S/c1-3-6(2)16-8-4-9(10(11,12)13)15-5-7(8)14/h4-6H,3,14H2,1-2H3. The van der Waals surface area contributed by atoms with Crippen LogP contribution in [-0.2, 0) is 6.18 Å². The van der Waals surface area contributed by atoms with Gasteiger partial charge < -0.3 is 5.73 Å². The van der Waals surface area contributed by atoms with E-state index in [9.17, 15) is 13.2 Å². The van der Waals surface area contributed by atoms with Crippen molar-refractivity contribution in [2.24, 2.45) is 0 Å². The maximum Gasteiger partial charge on any atom is 0.433 e. The first kappa shape index (κ1) is 13.2. The molecule has 1 atom stereocenters. The maximum atomic E-state index is 12.4. The van der Waals surface area contributed by atoms with Gasteiger partial charge in [-0.05, 0) is 12.5 Å². The lowest BCUT2D eigenvalue weighted by molar-refractivity contribution is -0.141. The smallest absolute Gasteiger partial charge is 0.397 e. The van der Waals surface area contributed by atoms with Crippen molar-refractivity contribution in [3.05, 3.63) is 18.0 Å². The first-order valence-corrected chi connectivity index (χ1v) is 5.72. The predicted molar refractivity (Wildman–Crippen MR) is 59.3 cm³/mol. The highest BCUT2D eigenvalue weighted by Gasteiger charge is 2.33. The summed E-state index contributed by atoms with van der Waals surface area (Å²) in [6.45, 7) is 3.91. The Labute approximate surface area is 96.4 Å². The second-order valence-corrected chi connectivity index (χ2v) is 4.92. The maximum absolute atomic E-state index is 12.4. The van der Waals surface area contributed by atoms with Crippen molar-refractivity contribution in [3.8, 4) is 0 Å². The summed E-state index contributed by atoms with van der Waals surface area (Å²) < 4.78 is 37.2. The Balaban J connectivity index is 3.00. The minimum absolute atomic E-state index is 0.228. The van der Waals surface area contributed by atoms with E-state index in [1.807, 2.05) is 13.8 Å². The zero-order valence-electron chi connectivity index (χ0n) is 9.01. The molecule has 0 bridgehead atoms. The first-order chi connectivity index (χ1) is 7.34. The minimum atomic E-state index is -4.42. The fourth-order valence-electron chi connectivity index (χ4n) is 1.00. The van der Waals surface area contributed by atoms with Crippen LogP contribution in [0.3, 0.4) is 0 Å². The molecule has 1 heterocycles. The number of alkyl halides is 3. The van der Waals surface area contributed by atoms with Gasteiger partial charge in [0, 0.05) is 10.1 Å². The summed E-state index contributed by atoms with van der Waals surface area (Å²) in [5, 5.41) is 0.228. The van der Waals surface area contributed by atoms with Crippen LogP contribution in [0.15, 0.2) is 17.2 Å². The lowest BCUT2D eigenvalue weighted by Crippen LogP contribution is -2.09. The molecule has 0 radical (unpaired) electrons. The number of nitrogens with zero attached hydrogens (tertiary/aromatic N) is 1. The van der Waals surface area contributed by atoms with Crippen molar-refractivity contribution in [1.29, 1.82) is 0 Å². The van der Waals surface area contributed by atoms with Crippen LogP contribution in [0, 0.1) is 0 Å². The van der Waals surface area contributed by atoms with Crippen molar-refractivity contribution in [2.45, 2.75) is 36.6 Å². The Morgan fingerprint density at radius 2 is 2.12 bits per heavy atom. The Morgan fingerprint density at radius 3 is 2.62 bits per heavy atom. The summed E-state index contributed by atoms with van der Waals surface area (Å²) in [6.07, 6.45) is -2.49. The van der Waals surface area contributed by atoms with Gasteiger partial charge in [-0.25, -0.2) is 4.98 Å². The molecule has 1 rings (SSSR count). The summed E-state index contributed by atoms with van der Waals surface area (Å²) in [5.74, 6) is 0. The summed E-state index contributed by atoms with van der Waals surface area (Å²) in [4.78, 5) is 3.72. The van der Waals surface area contributed by atoms with Gasteiger partial charge in [-0.15, -0.1) is 11.8 Å². The molecule has 2 nitrogen and oxygen atoms in total. The minimum Gasteiger partial charge on any atom is -0.397 e. The summed E-state index contributed by atoms with van der Waals surface area (Å²) in [7, 11) is 0. The number of rotatable bonds is 3. The molecule has 0 spiro atoms. The molecular formula is C10H13F3N2S. The van der Waals surface area contributed by atoms with Crippen molar-refractivity contribution < 1.29 is 13.2 Å². The summed E-state index contributed by atoms with van der Waals surface area (Å²) in [6, 6.07) is 1.01. The third-order valence-electron chi connectivity index (χ3n) is 2.09. The normalized spacial score (nSPS) is 13.8. The molecule has 0 saturated heterocycles. The van der Waals surface area contributed by atoms with E-state index in [0.29, 0.717) is 10.6 Å². The molecule has 0 aliphatic rings. The second-order valence-electron chi connectivity index (χ2n) is 3.44.